The number of nitrogens with one attached hydrogen (secondary N) is 1. The number of rotatable bonds is 4. The predicted octanol–water partition coefficient (Wildman–Crippen LogP) is 3.38. The number of aromatic nitrogens is 1. The Hall–Kier alpha value is -1.01. The Morgan fingerprint density at radius 1 is 1.37 bits per heavy atom. The summed E-state index contributed by atoms with van der Waals surface area (Å²) in [4.78, 5) is 4.27. The summed E-state index contributed by atoms with van der Waals surface area (Å²) in [5.74, 6) is 5.07. The van der Waals surface area contributed by atoms with E-state index in [-0.39, 0.29) is 11.1 Å². The van der Waals surface area contributed by atoms with Gasteiger partial charge in [-0.2, -0.15) is 0 Å². The zero-order chi connectivity index (χ0) is 13.8. The lowest BCUT2D eigenvalue weighted by Gasteiger charge is -2.16. The van der Waals surface area contributed by atoms with Gasteiger partial charge in [0, 0.05) is 22.8 Å². The van der Waals surface area contributed by atoms with Gasteiger partial charge in [-0.15, -0.1) is 0 Å². The summed E-state index contributed by atoms with van der Waals surface area (Å²) < 4.78 is 14.4. The first-order chi connectivity index (χ1) is 9.10. The van der Waals surface area contributed by atoms with Gasteiger partial charge < -0.3 is 0 Å². The summed E-state index contributed by atoms with van der Waals surface area (Å²) in [6.45, 7) is 0. The molecule has 0 amide bonds. The molecule has 0 spiro atoms. The van der Waals surface area contributed by atoms with Crippen LogP contribution in [0.5, 0.6) is 0 Å². The van der Waals surface area contributed by atoms with Crippen molar-refractivity contribution < 1.29 is 4.39 Å². The molecular formula is C13H12BrClFN3. The van der Waals surface area contributed by atoms with Crippen LogP contribution in [0.15, 0.2) is 41.0 Å². The fraction of sp³-hybridized carbons (Fsp3) is 0.154. The van der Waals surface area contributed by atoms with Crippen molar-refractivity contribution in [1.82, 2.24) is 10.4 Å². The molecule has 0 radical (unpaired) electrons. The average Bonchev–Trinajstić information content (AvgIpc) is 2.41. The maximum Gasteiger partial charge on any atom is 0.142 e. The van der Waals surface area contributed by atoms with E-state index in [0.29, 0.717) is 6.42 Å². The van der Waals surface area contributed by atoms with Crippen molar-refractivity contribution in [2.45, 2.75) is 12.5 Å². The van der Waals surface area contributed by atoms with Gasteiger partial charge in [-0.3, -0.25) is 16.3 Å². The molecule has 3 N–H and O–H groups in total. The van der Waals surface area contributed by atoms with E-state index in [2.05, 4.69) is 26.3 Å². The van der Waals surface area contributed by atoms with Crippen LogP contribution in [-0.2, 0) is 6.42 Å². The van der Waals surface area contributed by atoms with Crippen molar-refractivity contribution in [3.05, 3.63) is 63.1 Å². The second-order valence-corrected chi connectivity index (χ2v) is 5.39. The molecule has 0 saturated heterocycles. The van der Waals surface area contributed by atoms with Gasteiger partial charge in [0.2, 0.25) is 0 Å². The maximum absolute atomic E-state index is 13.4. The summed E-state index contributed by atoms with van der Waals surface area (Å²) in [7, 11) is 0. The van der Waals surface area contributed by atoms with Crippen LogP contribution in [0.3, 0.4) is 0 Å². The molecule has 2 rings (SSSR count). The third-order valence-electron chi connectivity index (χ3n) is 2.75. The molecule has 0 saturated carbocycles. The molecule has 6 heteroatoms. The molecule has 1 heterocycles. The van der Waals surface area contributed by atoms with Crippen LogP contribution >= 0.6 is 27.5 Å². The summed E-state index contributed by atoms with van der Waals surface area (Å²) >= 11 is 8.99. The molecule has 1 atom stereocenters. The lowest BCUT2D eigenvalue weighted by atomic mass is 10.0. The fourth-order valence-electron chi connectivity index (χ4n) is 1.74. The van der Waals surface area contributed by atoms with E-state index in [1.165, 1.54) is 12.1 Å². The Labute approximate surface area is 124 Å². The summed E-state index contributed by atoms with van der Waals surface area (Å²) in [5.41, 5.74) is 4.26. The molecule has 0 aliphatic heterocycles. The minimum Gasteiger partial charge on any atom is -0.271 e. The molecule has 100 valence electrons. The van der Waals surface area contributed by atoms with Crippen LogP contribution in [0.4, 0.5) is 4.39 Å². The van der Waals surface area contributed by atoms with Crippen molar-refractivity contribution in [1.29, 1.82) is 0 Å². The first-order valence-corrected chi connectivity index (χ1v) is 6.78. The molecule has 0 bridgehead atoms. The molecule has 1 aromatic carbocycles. The number of nitrogens with zero attached hydrogens (tertiary/aromatic N) is 1. The highest BCUT2D eigenvalue weighted by molar-refractivity contribution is 9.10. The summed E-state index contributed by atoms with van der Waals surface area (Å²) in [5, 5.41) is 0.0984. The second kappa shape index (κ2) is 6.43. The van der Waals surface area contributed by atoms with Crippen LogP contribution in [0.1, 0.15) is 17.3 Å². The molecule has 19 heavy (non-hydrogen) atoms. The van der Waals surface area contributed by atoms with E-state index in [1.807, 2.05) is 12.1 Å². The number of hydrogen-bond donors (Lipinski definition) is 2. The van der Waals surface area contributed by atoms with E-state index in [0.717, 1.165) is 15.7 Å². The highest BCUT2D eigenvalue weighted by Gasteiger charge is 2.13. The molecule has 0 aliphatic carbocycles. The second-order valence-electron chi connectivity index (χ2n) is 4.06. The van der Waals surface area contributed by atoms with Gasteiger partial charge in [-0.25, -0.2) is 4.39 Å². The normalized spacial score (nSPS) is 12.4. The first kappa shape index (κ1) is 14.4. The standard InChI is InChI=1S/C13H12BrClFN3/c14-9-2-3-10(18-7-9)6-13(19-17)8-1-4-11(15)12(16)5-8/h1-5,7,13,19H,6,17H2. The molecule has 1 aromatic heterocycles. The Balaban J connectivity index is 2.19. The topological polar surface area (TPSA) is 50.9 Å². The lowest BCUT2D eigenvalue weighted by Crippen LogP contribution is -2.29. The number of hydrogen-bond acceptors (Lipinski definition) is 3. The first-order valence-electron chi connectivity index (χ1n) is 5.61. The molecule has 3 nitrogen and oxygen atoms in total. The Morgan fingerprint density at radius 3 is 2.74 bits per heavy atom. The molecule has 1 unspecified atom stereocenters. The quantitative estimate of drug-likeness (QED) is 0.660. The van der Waals surface area contributed by atoms with Crippen molar-refractivity contribution in [2.24, 2.45) is 5.84 Å². The predicted molar refractivity (Wildman–Crippen MR) is 77.1 cm³/mol. The smallest absolute Gasteiger partial charge is 0.142 e. The average molecular weight is 345 g/mol. The Kier molecular flexibility index (Phi) is 4.87. The minimum atomic E-state index is -0.455. The summed E-state index contributed by atoms with van der Waals surface area (Å²) in [6, 6.07) is 8.21. The van der Waals surface area contributed by atoms with Gasteiger partial charge in [0.25, 0.3) is 0 Å². The molecule has 0 aliphatic rings. The summed E-state index contributed by atoms with van der Waals surface area (Å²) in [6.07, 6.45) is 2.27. The van der Waals surface area contributed by atoms with E-state index in [4.69, 9.17) is 17.4 Å². The Bertz CT molecular complexity index is 562. The molecule has 2 aromatic rings. The van der Waals surface area contributed by atoms with E-state index >= 15 is 0 Å². The van der Waals surface area contributed by atoms with Gasteiger partial charge in [0.05, 0.1) is 11.1 Å². The van der Waals surface area contributed by atoms with Crippen molar-refractivity contribution in [2.75, 3.05) is 0 Å². The van der Waals surface area contributed by atoms with Crippen molar-refractivity contribution in [3.8, 4) is 0 Å². The highest BCUT2D eigenvalue weighted by Crippen LogP contribution is 2.22. The van der Waals surface area contributed by atoms with Gasteiger partial charge in [0.1, 0.15) is 5.82 Å². The van der Waals surface area contributed by atoms with Gasteiger partial charge in [-0.05, 0) is 45.8 Å². The van der Waals surface area contributed by atoms with Crippen LogP contribution in [0.25, 0.3) is 0 Å². The van der Waals surface area contributed by atoms with Gasteiger partial charge >= 0.3 is 0 Å². The molecule has 0 fully saturated rings. The van der Waals surface area contributed by atoms with Crippen LogP contribution in [0.2, 0.25) is 5.02 Å². The van der Waals surface area contributed by atoms with Crippen LogP contribution < -0.4 is 11.3 Å². The highest BCUT2D eigenvalue weighted by atomic mass is 79.9. The molecular weight excluding hydrogens is 333 g/mol. The Morgan fingerprint density at radius 2 is 2.16 bits per heavy atom. The maximum atomic E-state index is 13.4. The van der Waals surface area contributed by atoms with E-state index in [1.54, 1.807) is 12.3 Å². The number of nitrogens with two attached hydrogens (primary N) is 1. The third-order valence-corrected chi connectivity index (χ3v) is 3.52. The largest absolute Gasteiger partial charge is 0.271 e. The number of benzene rings is 1. The third kappa shape index (κ3) is 3.73. The SMILES string of the molecule is NNC(Cc1ccc(Br)cn1)c1ccc(Cl)c(F)c1. The van der Waals surface area contributed by atoms with Crippen molar-refractivity contribution in [3.63, 3.8) is 0 Å². The monoisotopic (exact) mass is 343 g/mol. The number of halogens is 3. The van der Waals surface area contributed by atoms with Gasteiger partial charge in [0.15, 0.2) is 0 Å². The van der Waals surface area contributed by atoms with E-state index < -0.39 is 5.82 Å². The van der Waals surface area contributed by atoms with E-state index in [9.17, 15) is 4.39 Å². The van der Waals surface area contributed by atoms with Crippen molar-refractivity contribution >= 4 is 27.5 Å². The number of pyridine rings is 1. The fourth-order valence-corrected chi connectivity index (χ4v) is 2.09. The zero-order valence-corrected chi connectivity index (χ0v) is 12.2. The van der Waals surface area contributed by atoms with Crippen LogP contribution in [-0.4, -0.2) is 4.98 Å². The van der Waals surface area contributed by atoms with Crippen LogP contribution in [0, 0.1) is 5.82 Å². The lowest BCUT2D eigenvalue weighted by molar-refractivity contribution is 0.539. The van der Waals surface area contributed by atoms with Gasteiger partial charge in [-0.1, -0.05) is 17.7 Å². The zero-order valence-electron chi connectivity index (χ0n) is 9.91. The number of hydrazine groups is 1. The minimum absolute atomic E-state index is 0.0984.